The van der Waals surface area contributed by atoms with E-state index in [2.05, 4.69) is 65.2 Å². The molecule has 2 aromatic heterocycles. The third kappa shape index (κ3) is 2.57. The summed E-state index contributed by atoms with van der Waals surface area (Å²) in [6.07, 6.45) is 3.22. The summed E-state index contributed by atoms with van der Waals surface area (Å²) in [7, 11) is 0. The predicted molar refractivity (Wildman–Crippen MR) is 82.5 cm³/mol. The minimum Gasteiger partial charge on any atom is -0.361 e. The smallest absolute Gasteiger partial charge is 0.0457 e. The maximum atomic E-state index is 3.66. The second-order valence-electron chi connectivity index (χ2n) is 4.72. The molecule has 0 aliphatic carbocycles. The van der Waals surface area contributed by atoms with E-state index >= 15 is 0 Å². The van der Waals surface area contributed by atoms with E-state index in [-0.39, 0.29) is 0 Å². The largest absolute Gasteiger partial charge is 0.361 e. The topological polar surface area (TPSA) is 27.8 Å². The van der Waals surface area contributed by atoms with Crippen LogP contribution in [0.3, 0.4) is 0 Å². The Kier molecular flexibility index (Phi) is 3.67. The highest BCUT2D eigenvalue weighted by atomic mass is 32.1. The van der Waals surface area contributed by atoms with Crippen LogP contribution in [0.5, 0.6) is 0 Å². The summed E-state index contributed by atoms with van der Waals surface area (Å²) in [6, 6.07) is 13.2. The molecule has 0 aliphatic rings. The van der Waals surface area contributed by atoms with Crippen molar-refractivity contribution in [3.8, 4) is 0 Å². The van der Waals surface area contributed by atoms with Crippen molar-refractivity contribution in [1.82, 2.24) is 10.3 Å². The first-order valence-electron chi connectivity index (χ1n) is 6.70. The number of H-pyrrole nitrogens is 1. The Morgan fingerprint density at radius 1 is 1.21 bits per heavy atom. The van der Waals surface area contributed by atoms with Gasteiger partial charge in [-0.3, -0.25) is 0 Å². The van der Waals surface area contributed by atoms with Crippen LogP contribution in [-0.4, -0.2) is 4.98 Å². The van der Waals surface area contributed by atoms with Crippen LogP contribution in [0.25, 0.3) is 10.9 Å². The van der Waals surface area contributed by atoms with Gasteiger partial charge in [0.05, 0.1) is 0 Å². The van der Waals surface area contributed by atoms with Crippen LogP contribution in [0.4, 0.5) is 0 Å². The summed E-state index contributed by atoms with van der Waals surface area (Å²) >= 11 is 1.83. The molecule has 0 fully saturated rings. The van der Waals surface area contributed by atoms with Crippen molar-refractivity contribution < 1.29 is 0 Å². The number of hydrogen-bond acceptors (Lipinski definition) is 2. The summed E-state index contributed by atoms with van der Waals surface area (Å²) in [6.45, 7) is 3.13. The van der Waals surface area contributed by atoms with Crippen LogP contribution in [0.15, 0.2) is 48.0 Å². The highest BCUT2D eigenvalue weighted by Gasteiger charge is 2.10. The van der Waals surface area contributed by atoms with Crippen molar-refractivity contribution in [1.29, 1.82) is 0 Å². The van der Waals surface area contributed by atoms with Gasteiger partial charge in [-0.25, -0.2) is 0 Å². The molecule has 0 spiro atoms. The summed E-state index contributed by atoms with van der Waals surface area (Å²) in [5, 5.41) is 7.12. The third-order valence-corrected chi connectivity index (χ3v) is 4.49. The number of rotatable bonds is 5. The average molecular weight is 270 g/mol. The molecule has 1 atom stereocenters. The molecule has 2 heterocycles. The molecule has 0 aliphatic heterocycles. The summed E-state index contributed by atoms with van der Waals surface area (Å²) < 4.78 is 0. The Morgan fingerprint density at radius 2 is 2.11 bits per heavy atom. The Hall–Kier alpha value is -1.58. The fraction of sp³-hybridized carbons (Fsp3) is 0.250. The minimum atomic E-state index is 0.452. The van der Waals surface area contributed by atoms with Crippen molar-refractivity contribution in [3.05, 3.63) is 58.4 Å². The first kappa shape index (κ1) is 12.5. The number of aromatic nitrogens is 1. The normalized spacial score (nSPS) is 12.9. The lowest BCUT2D eigenvalue weighted by molar-refractivity contribution is 0.528. The lowest BCUT2D eigenvalue weighted by atomic mass is 10.1. The molecule has 0 radical (unpaired) electrons. The second-order valence-corrected chi connectivity index (χ2v) is 5.70. The van der Waals surface area contributed by atoms with Crippen LogP contribution >= 0.6 is 11.3 Å². The molecule has 2 nitrogen and oxygen atoms in total. The molecule has 0 amide bonds. The maximum absolute atomic E-state index is 3.66. The molecule has 19 heavy (non-hydrogen) atoms. The quantitative estimate of drug-likeness (QED) is 0.703. The predicted octanol–water partition coefficient (Wildman–Crippen LogP) is 4.47. The first-order valence-corrected chi connectivity index (χ1v) is 7.58. The summed E-state index contributed by atoms with van der Waals surface area (Å²) in [5.74, 6) is 0. The highest BCUT2D eigenvalue weighted by Crippen LogP contribution is 2.23. The number of nitrogens with one attached hydrogen (secondary N) is 2. The van der Waals surface area contributed by atoms with Gasteiger partial charge < -0.3 is 10.3 Å². The molecule has 2 N–H and O–H groups in total. The van der Waals surface area contributed by atoms with Gasteiger partial charge in [-0.1, -0.05) is 31.2 Å². The van der Waals surface area contributed by atoms with Gasteiger partial charge in [-0.15, -0.1) is 11.3 Å². The minimum absolute atomic E-state index is 0.452. The number of thiophene rings is 1. The van der Waals surface area contributed by atoms with E-state index in [0.29, 0.717) is 6.04 Å². The van der Waals surface area contributed by atoms with Crippen LogP contribution in [0, 0.1) is 0 Å². The maximum Gasteiger partial charge on any atom is 0.0457 e. The van der Waals surface area contributed by atoms with Gasteiger partial charge in [0.1, 0.15) is 0 Å². The molecule has 3 heteroatoms. The monoisotopic (exact) mass is 270 g/mol. The number of fused-ring (bicyclic) bond motifs is 1. The lowest BCUT2D eigenvalue weighted by Crippen LogP contribution is -2.19. The van der Waals surface area contributed by atoms with E-state index in [4.69, 9.17) is 0 Å². The zero-order valence-corrected chi connectivity index (χ0v) is 11.8. The van der Waals surface area contributed by atoms with E-state index in [9.17, 15) is 0 Å². The molecular weight excluding hydrogens is 252 g/mol. The summed E-state index contributed by atoms with van der Waals surface area (Å²) in [4.78, 5) is 4.75. The van der Waals surface area contributed by atoms with E-state index in [1.54, 1.807) is 0 Å². The molecule has 0 bridgehead atoms. The van der Waals surface area contributed by atoms with Crippen molar-refractivity contribution in [2.45, 2.75) is 25.9 Å². The standard InChI is InChI=1S/C16H18N2S/c1-2-14(16-8-5-9-19-16)17-10-12-11-18-15-7-4-3-6-13(12)15/h3-9,11,14,17-18H,2,10H2,1H3. The van der Waals surface area contributed by atoms with E-state index in [1.807, 2.05) is 11.3 Å². The van der Waals surface area contributed by atoms with Gasteiger partial charge >= 0.3 is 0 Å². The van der Waals surface area contributed by atoms with Gasteiger partial charge in [0.25, 0.3) is 0 Å². The first-order chi connectivity index (χ1) is 9.38. The van der Waals surface area contributed by atoms with E-state index in [1.165, 1.54) is 21.3 Å². The lowest BCUT2D eigenvalue weighted by Gasteiger charge is -2.15. The highest BCUT2D eigenvalue weighted by molar-refractivity contribution is 7.10. The fourth-order valence-electron chi connectivity index (χ4n) is 2.45. The Balaban J connectivity index is 1.75. The molecule has 3 rings (SSSR count). The SMILES string of the molecule is CCC(NCc1c[nH]c2ccccc12)c1cccs1. The Bertz CT molecular complexity index is 640. The van der Waals surface area contributed by atoms with Crippen molar-refractivity contribution in [2.75, 3.05) is 0 Å². The zero-order valence-electron chi connectivity index (χ0n) is 11.0. The zero-order chi connectivity index (χ0) is 13.1. The number of benzene rings is 1. The average Bonchev–Trinajstić information content (AvgIpc) is 3.09. The molecule has 3 aromatic rings. The van der Waals surface area contributed by atoms with Crippen LogP contribution in [0.2, 0.25) is 0 Å². The fourth-order valence-corrected chi connectivity index (χ4v) is 3.33. The van der Waals surface area contributed by atoms with Crippen LogP contribution < -0.4 is 5.32 Å². The van der Waals surface area contributed by atoms with E-state index in [0.717, 1.165) is 13.0 Å². The van der Waals surface area contributed by atoms with Crippen LogP contribution in [-0.2, 0) is 6.54 Å². The van der Waals surface area contributed by atoms with Gasteiger partial charge in [-0.2, -0.15) is 0 Å². The van der Waals surface area contributed by atoms with Gasteiger partial charge in [0, 0.05) is 34.6 Å². The molecule has 1 aromatic carbocycles. The van der Waals surface area contributed by atoms with Crippen molar-refractivity contribution in [3.63, 3.8) is 0 Å². The second kappa shape index (κ2) is 5.59. The molecule has 98 valence electrons. The van der Waals surface area contributed by atoms with Crippen LogP contribution in [0.1, 0.15) is 29.8 Å². The van der Waals surface area contributed by atoms with E-state index < -0.39 is 0 Å². The molecule has 0 saturated heterocycles. The Labute approximate surface area is 117 Å². The molecular formula is C16H18N2S. The van der Waals surface area contributed by atoms with Gasteiger partial charge in [0.2, 0.25) is 0 Å². The number of para-hydroxylation sites is 1. The van der Waals surface area contributed by atoms with Gasteiger partial charge in [0.15, 0.2) is 0 Å². The van der Waals surface area contributed by atoms with Gasteiger partial charge in [-0.05, 0) is 29.5 Å². The number of hydrogen-bond donors (Lipinski definition) is 2. The Morgan fingerprint density at radius 3 is 2.89 bits per heavy atom. The summed E-state index contributed by atoms with van der Waals surface area (Å²) in [5.41, 5.74) is 2.55. The molecule has 0 saturated carbocycles. The third-order valence-electron chi connectivity index (χ3n) is 3.51. The molecule has 1 unspecified atom stereocenters. The van der Waals surface area contributed by atoms with Crippen molar-refractivity contribution in [2.24, 2.45) is 0 Å². The van der Waals surface area contributed by atoms with Crippen molar-refractivity contribution >= 4 is 22.2 Å². The number of aromatic amines is 1.